The number of amides is 1. The fourth-order valence-electron chi connectivity index (χ4n) is 3.77. The first-order valence-corrected chi connectivity index (χ1v) is 9.69. The molecule has 0 heterocycles. The highest BCUT2D eigenvalue weighted by atomic mass is 16.6. The van der Waals surface area contributed by atoms with Crippen molar-refractivity contribution in [3.63, 3.8) is 0 Å². The number of fused-ring (bicyclic) bond motifs is 3. The Bertz CT molecular complexity index is 857. The molecule has 0 bridgehead atoms. The Morgan fingerprint density at radius 2 is 1.55 bits per heavy atom. The molecule has 0 aliphatic heterocycles. The first-order valence-electron chi connectivity index (χ1n) is 9.69. The number of carboxylic acid groups (broad SMARTS) is 1. The summed E-state index contributed by atoms with van der Waals surface area (Å²) >= 11 is 0. The molecule has 2 aromatic rings. The zero-order chi connectivity index (χ0) is 21.2. The minimum atomic E-state index is -1.20. The molecule has 0 saturated carbocycles. The highest BCUT2D eigenvalue weighted by Gasteiger charge is 2.32. The van der Waals surface area contributed by atoms with Gasteiger partial charge in [0.1, 0.15) is 6.61 Å². The van der Waals surface area contributed by atoms with Gasteiger partial charge in [0.2, 0.25) is 0 Å². The fraction of sp³-hybridized carbons (Fsp3) is 0.391. The molecule has 29 heavy (non-hydrogen) atoms. The standard InChI is InChI=1S/C23H27NO5/c1-14(29-23(2,3)4)20(21(25)26)24-22(27)28-13-19-17-11-7-5-9-15(17)16-10-6-8-12-18(16)19/h5-12,14,19-20H,13H2,1-4H3,(H,24,27)(H,25,26)/t14?,20-/m0/s1/i1+1,14+1,20+1,21+1,24+1. The first-order chi connectivity index (χ1) is 13.7. The third-order valence-electron chi connectivity index (χ3n) is 4.89. The van der Waals surface area contributed by atoms with Crippen LogP contribution in [0.3, 0.4) is 0 Å². The monoisotopic (exact) mass is 402 g/mol. The maximum absolute atomic E-state index is 12.4. The van der Waals surface area contributed by atoms with Crippen molar-refractivity contribution in [2.24, 2.45) is 0 Å². The number of hydrogen-bond acceptors (Lipinski definition) is 4. The lowest BCUT2D eigenvalue weighted by molar-refractivity contribution is -0.147. The summed E-state index contributed by atoms with van der Waals surface area (Å²) in [7, 11) is 0. The van der Waals surface area contributed by atoms with E-state index in [9.17, 15) is 14.7 Å². The van der Waals surface area contributed by atoms with Gasteiger partial charge >= 0.3 is 12.1 Å². The van der Waals surface area contributed by atoms with E-state index in [-0.39, 0.29) is 12.5 Å². The predicted octanol–water partition coefficient (Wildman–Crippen LogP) is 4.18. The minimum absolute atomic E-state index is 0.0836. The second-order valence-corrected chi connectivity index (χ2v) is 8.22. The van der Waals surface area contributed by atoms with Gasteiger partial charge in [-0.1, -0.05) is 48.5 Å². The molecule has 2 N–H and O–H groups in total. The molecule has 1 aliphatic carbocycles. The number of carbonyl (C=O) groups excluding carboxylic acids is 1. The average molecular weight is 402 g/mol. The van der Waals surface area contributed by atoms with Crippen LogP contribution in [0, 0.1) is 0 Å². The van der Waals surface area contributed by atoms with Crippen molar-refractivity contribution in [3.05, 3.63) is 59.7 Å². The Hall–Kier alpha value is -2.86. The number of carboxylic acids is 1. The van der Waals surface area contributed by atoms with E-state index in [2.05, 4.69) is 17.4 Å². The molecule has 0 spiro atoms. The van der Waals surface area contributed by atoms with Crippen molar-refractivity contribution < 1.29 is 24.2 Å². The zero-order valence-corrected chi connectivity index (χ0v) is 17.1. The zero-order valence-electron chi connectivity index (χ0n) is 17.1. The Morgan fingerprint density at radius 3 is 2.03 bits per heavy atom. The second kappa shape index (κ2) is 8.25. The number of hydrogen-bond donors (Lipinski definition) is 2. The number of aliphatic carboxylic acids is 1. The summed E-state index contributed by atoms with van der Waals surface area (Å²) in [6, 6.07) is 14.9. The molecule has 0 fully saturated rings. The van der Waals surface area contributed by atoms with E-state index in [0.29, 0.717) is 0 Å². The van der Waals surface area contributed by atoms with Gasteiger partial charge in [-0.25, -0.2) is 9.59 Å². The molecular formula is C23H27NO5. The van der Waals surface area contributed by atoms with Gasteiger partial charge in [0.15, 0.2) is 6.04 Å². The highest BCUT2D eigenvalue weighted by molar-refractivity contribution is 5.81. The fourth-order valence-corrected chi connectivity index (χ4v) is 3.77. The summed E-state index contributed by atoms with van der Waals surface area (Å²) in [5.41, 5.74) is 3.93. The third-order valence-corrected chi connectivity index (χ3v) is 4.89. The van der Waals surface area contributed by atoms with E-state index in [1.54, 1.807) is 6.92 Å². The third kappa shape index (κ3) is 4.77. The minimum Gasteiger partial charge on any atom is -0.480 e. The van der Waals surface area contributed by atoms with Gasteiger partial charge < -0.3 is 19.9 Å². The van der Waals surface area contributed by atoms with Gasteiger partial charge in [-0.15, -0.1) is 0 Å². The van der Waals surface area contributed by atoms with E-state index < -0.39 is 29.8 Å². The van der Waals surface area contributed by atoms with Crippen LogP contribution < -0.4 is 5.32 Å². The smallest absolute Gasteiger partial charge is 0.407 e. The Balaban J connectivity index is 1.68. The van der Waals surface area contributed by atoms with E-state index in [4.69, 9.17) is 9.47 Å². The van der Waals surface area contributed by atoms with Crippen LogP contribution in [0.2, 0.25) is 0 Å². The lowest BCUT2D eigenvalue weighted by Gasteiger charge is -2.29. The lowest BCUT2D eigenvalue weighted by Crippen LogP contribution is -2.50. The molecule has 6 heteroatoms. The number of benzene rings is 2. The largest absolute Gasteiger partial charge is 0.480 e. The maximum atomic E-state index is 12.4. The predicted molar refractivity (Wildman–Crippen MR) is 110 cm³/mol. The molecule has 0 saturated heterocycles. The maximum Gasteiger partial charge on any atom is 0.407 e. The van der Waals surface area contributed by atoms with E-state index in [1.165, 1.54) is 0 Å². The van der Waals surface area contributed by atoms with Crippen LogP contribution in [0.15, 0.2) is 48.5 Å². The van der Waals surface area contributed by atoms with Crippen LogP contribution in [0.25, 0.3) is 11.1 Å². The van der Waals surface area contributed by atoms with Crippen molar-refractivity contribution in [2.45, 2.75) is 51.4 Å². The summed E-state index contributed by atoms with van der Waals surface area (Å²) in [5.74, 6) is -1.25. The first kappa shape index (κ1) is 20.9. The average Bonchev–Trinajstić information content (AvgIpc) is 2.96. The molecule has 1 amide bonds. The van der Waals surface area contributed by atoms with Gasteiger partial charge in [-0.05, 0) is 49.9 Å². The number of ether oxygens (including phenoxy) is 2. The Kier molecular flexibility index (Phi) is 5.94. The van der Waals surface area contributed by atoms with Gasteiger partial charge in [-0.2, -0.15) is 0 Å². The van der Waals surface area contributed by atoms with Crippen molar-refractivity contribution in [1.82, 2.24) is 5.32 Å². The summed E-state index contributed by atoms with van der Waals surface area (Å²) in [6.45, 7) is 7.23. The Labute approximate surface area is 170 Å². The molecule has 2 aromatic carbocycles. The van der Waals surface area contributed by atoms with Crippen molar-refractivity contribution in [2.75, 3.05) is 6.61 Å². The molecule has 0 aromatic heterocycles. The van der Waals surface area contributed by atoms with Gasteiger partial charge in [0.25, 0.3) is 0 Å². The van der Waals surface area contributed by atoms with Gasteiger partial charge in [0, 0.05) is 5.92 Å². The quantitative estimate of drug-likeness (QED) is 0.559. The van der Waals surface area contributed by atoms with Crippen LogP contribution in [0.4, 0.5) is 4.79 Å². The molecule has 1 unspecified atom stereocenters. The van der Waals surface area contributed by atoms with E-state index in [0.717, 1.165) is 22.3 Å². The Morgan fingerprint density at radius 1 is 1.03 bits per heavy atom. The van der Waals surface area contributed by atoms with E-state index >= 15 is 0 Å². The van der Waals surface area contributed by atoms with Crippen molar-refractivity contribution >= 4 is 12.1 Å². The van der Waals surface area contributed by atoms with Crippen LogP contribution in [-0.4, -0.2) is 41.5 Å². The molecule has 0 radical (unpaired) electrons. The number of nitrogens with one attached hydrogen (secondary N) is 1. The summed E-state index contributed by atoms with van der Waals surface area (Å²) in [6.07, 6.45) is -1.49. The summed E-state index contributed by atoms with van der Waals surface area (Å²) in [4.78, 5) is 24.0. The van der Waals surface area contributed by atoms with Crippen LogP contribution >= 0.6 is 0 Å². The second-order valence-electron chi connectivity index (χ2n) is 8.22. The van der Waals surface area contributed by atoms with E-state index in [1.807, 2.05) is 57.2 Å². The van der Waals surface area contributed by atoms with Crippen molar-refractivity contribution in [3.8, 4) is 11.1 Å². The molecule has 2 atom stereocenters. The van der Waals surface area contributed by atoms with Crippen LogP contribution in [-0.2, 0) is 14.3 Å². The SMILES string of the molecule is CC(C)(C)O[13CH]([13CH3])[13C@H]([15NH]C(=O)OCC1c2ccccc2-c2ccccc21)[13C](=O)O. The summed E-state index contributed by atoms with van der Waals surface area (Å²) in [5, 5.41) is 11.9. The summed E-state index contributed by atoms with van der Waals surface area (Å²) < 4.78 is 11.1. The van der Waals surface area contributed by atoms with Crippen LogP contribution in [0.5, 0.6) is 0 Å². The molecule has 3 rings (SSSR count). The number of rotatable bonds is 6. The molecule has 6 nitrogen and oxygen atoms in total. The highest BCUT2D eigenvalue weighted by Crippen LogP contribution is 2.44. The van der Waals surface area contributed by atoms with Gasteiger partial charge in [0.05, 0.1) is 11.7 Å². The van der Waals surface area contributed by atoms with Gasteiger partial charge in [-0.3, -0.25) is 0 Å². The number of carbonyl (C=O) groups is 2. The number of alkyl carbamates (subject to hydrolysis) is 1. The molecule has 1 aliphatic rings. The normalized spacial score (nSPS) is 15.2. The molecular weight excluding hydrogens is 375 g/mol. The lowest BCUT2D eigenvalue weighted by atomic mass is 9.98. The molecule has 154 valence electrons. The topological polar surface area (TPSA) is 84.9 Å². The van der Waals surface area contributed by atoms with Crippen molar-refractivity contribution in [1.29, 1.82) is 0 Å². The van der Waals surface area contributed by atoms with Crippen LogP contribution in [0.1, 0.15) is 44.7 Å².